The second kappa shape index (κ2) is 3.06. The van der Waals surface area contributed by atoms with E-state index in [2.05, 4.69) is 16.4 Å². The molecule has 3 nitrogen and oxygen atoms in total. The third-order valence-electron chi connectivity index (χ3n) is 2.13. The van der Waals surface area contributed by atoms with E-state index in [4.69, 9.17) is 5.26 Å². The molecular formula is C10H11N3. The summed E-state index contributed by atoms with van der Waals surface area (Å²) in [6, 6.07) is 6.52. The quantitative estimate of drug-likeness (QED) is 0.742. The lowest BCUT2D eigenvalue weighted by Gasteiger charge is -2.04. The lowest BCUT2D eigenvalue weighted by molar-refractivity contribution is 1.09. The molecule has 0 aromatic carbocycles. The SMILES string of the molecule is Cc1ccc(NC2CC2)nc1C#N. The van der Waals surface area contributed by atoms with Gasteiger partial charge in [0, 0.05) is 6.04 Å². The molecule has 0 unspecified atom stereocenters. The second-order valence-corrected chi connectivity index (χ2v) is 3.39. The molecule has 0 bridgehead atoms. The Bertz CT molecular complexity index is 361. The van der Waals surface area contributed by atoms with Crippen LogP contribution in [0.25, 0.3) is 0 Å². The fraction of sp³-hybridized carbons (Fsp3) is 0.400. The van der Waals surface area contributed by atoms with Crippen LogP contribution in [0.3, 0.4) is 0 Å². The van der Waals surface area contributed by atoms with Crippen LogP contribution in [0.1, 0.15) is 24.1 Å². The van der Waals surface area contributed by atoms with Gasteiger partial charge in [-0.2, -0.15) is 5.26 Å². The third kappa shape index (κ3) is 1.78. The molecule has 1 aliphatic rings. The van der Waals surface area contributed by atoms with E-state index in [-0.39, 0.29) is 0 Å². The van der Waals surface area contributed by atoms with Crippen molar-refractivity contribution in [1.82, 2.24) is 4.98 Å². The van der Waals surface area contributed by atoms with Gasteiger partial charge >= 0.3 is 0 Å². The van der Waals surface area contributed by atoms with Gasteiger partial charge in [0.2, 0.25) is 0 Å². The van der Waals surface area contributed by atoms with Crippen molar-refractivity contribution >= 4 is 5.82 Å². The van der Waals surface area contributed by atoms with Crippen molar-refractivity contribution < 1.29 is 0 Å². The van der Waals surface area contributed by atoms with Crippen molar-refractivity contribution in [3.63, 3.8) is 0 Å². The van der Waals surface area contributed by atoms with Crippen molar-refractivity contribution in [2.45, 2.75) is 25.8 Å². The molecule has 1 fully saturated rings. The summed E-state index contributed by atoms with van der Waals surface area (Å²) in [5.41, 5.74) is 1.45. The van der Waals surface area contributed by atoms with Gasteiger partial charge in [0.15, 0.2) is 0 Å². The predicted octanol–water partition coefficient (Wildman–Crippen LogP) is 1.84. The highest BCUT2D eigenvalue weighted by Crippen LogP contribution is 2.23. The summed E-state index contributed by atoms with van der Waals surface area (Å²) in [7, 11) is 0. The average molecular weight is 173 g/mol. The first-order valence-corrected chi connectivity index (χ1v) is 4.44. The number of rotatable bonds is 2. The number of nitrogens with one attached hydrogen (secondary N) is 1. The summed E-state index contributed by atoms with van der Waals surface area (Å²) in [6.45, 7) is 1.90. The molecule has 0 spiro atoms. The minimum Gasteiger partial charge on any atom is -0.367 e. The molecule has 1 aromatic rings. The van der Waals surface area contributed by atoms with Gasteiger partial charge in [-0.3, -0.25) is 0 Å². The molecule has 0 amide bonds. The van der Waals surface area contributed by atoms with E-state index in [0.29, 0.717) is 11.7 Å². The van der Waals surface area contributed by atoms with Gasteiger partial charge in [0.25, 0.3) is 0 Å². The number of hydrogen-bond acceptors (Lipinski definition) is 3. The first kappa shape index (κ1) is 8.06. The molecule has 2 rings (SSSR count). The molecule has 13 heavy (non-hydrogen) atoms. The molecule has 0 atom stereocenters. The predicted molar refractivity (Wildman–Crippen MR) is 50.3 cm³/mol. The standard InChI is InChI=1S/C10H11N3/c1-7-2-5-10(12-8-3-4-8)13-9(7)6-11/h2,5,8H,3-4H2,1H3,(H,12,13). The highest BCUT2D eigenvalue weighted by atomic mass is 15.0. The van der Waals surface area contributed by atoms with Gasteiger partial charge in [-0.05, 0) is 31.4 Å². The zero-order chi connectivity index (χ0) is 9.26. The van der Waals surface area contributed by atoms with Crippen molar-refractivity contribution in [2.24, 2.45) is 0 Å². The van der Waals surface area contributed by atoms with E-state index in [1.807, 2.05) is 19.1 Å². The molecule has 0 aliphatic heterocycles. The van der Waals surface area contributed by atoms with E-state index in [1.165, 1.54) is 12.8 Å². The first-order valence-electron chi connectivity index (χ1n) is 4.44. The third-order valence-corrected chi connectivity index (χ3v) is 2.13. The first-order chi connectivity index (χ1) is 6.29. The van der Waals surface area contributed by atoms with Crippen molar-refractivity contribution in [2.75, 3.05) is 5.32 Å². The van der Waals surface area contributed by atoms with Crippen LogP contribution < -0.4 is 5.32 Å². The molecule has 1 aliphatic carbocycles. The summed E-state index contributed by atoms with van der Waals surface area (Å²) in [4.78, 5) is 4.20. The Kier molecular flexibility index (Phi) is 1.90. The molecule has 1 heterocycles. The van der Waals surface area contributed by atoms with E-state index in [1.54, 1.807) is 0 Å². The Morgan fingerprint density at radius 2 is 2.31 bits per heavy atom. The van der Waals surface area contributed by atoms with Crippen LogP contribution in [0.4, 0.5) is 5.82 Å². The maximum atomic E-state index is 8.75. The van der Waals surface area contributed by atoms with Crippen molar-refractivity contribution in [1.29, 1.82) is 5.26 Å². The number of aryl methyl sites for hydroxylation is 1. The number of nitriles is 1. The molecule has 1 N–H and O–H groups in total. The summed E-state index contributed by atoms with van der Waals surface area (Å²) in [5.74, 6) is 0.824. The van der Waals surface area contributed by atoms with Gasteiger partial charge in [-0.15, -0.1) is 0 Å². The van der Waals surface area contributed by atoms with Crippen LogP contribution >= 0.6 is 0 Å². The monoisotopic (exact) mass is 173 g/mol. The zero-order valence-electron chi connectivity index (χ0n) is 7.54. The van der Waals surface area contributed by atoms with E-state index in [0.717, 1.165) is 11.4 Å². The summed E-state index contributed by atoms with van der Waals surface area (Å²) < 4.78 is 0. The van der Waals surface area contributed by atoms with Gasteiger partial charge in [-0.1, -0.05) is 6.07 Å². The maximum Gasteiger partial charge on any atom is 0.145 e. The molecule has 0 radical (unpaired) electrons. The molecule has 1 saturated carbocycles. The van der Waals surface area contributed by atoms with Crippen LogP contribution in [-0.2, 0) is 0 Å². The molecular weight excluding hydrogens is 162 g/mol. The fourth-order valence-electron chi connectivity index (χ4n) is 1.16. The van der Waals surface area contributed by atoms with Crippen LogP contribution in [0, 0.1) is 18.3 Å². The molecule has 1 aromatic heterocycles. The largest absolute Gasteiger partial charge is 0.367 e. The Morgan fingerprint density at radius 3 is 2.92 bits per heavy atom. The molecule has 3 heteroatoms. The fourth-order valence-corrected chi connectivity index (χ4v) is 1.16. The summed E-state index contributed by atoms with van der Waals surface area (Å²) >= 11 is 0. The number of pyridine rings is 1. The van der Waals surface area contributed by atoms with Crippen LogP contribution in [-0.4, -0.2) is 11.0 Å². The topological polar surface area (TPSA) is 48.7 Å². The van der Waals surface area contributed by atoms with Gasteiger partial charge in [0.05, 0.1) is 0 Å². The highest BCUT2D eigenvalue weighted by molar-refractivity contribution is 5.43. The Hall–Kier alpha value is -1.56. The summed E-state index contributed by atoms with van der Waals surface area (Å²) in [6.07, 6.45) is 2.44. The van der Waals surface area contributed by atoms with Crippen molar-refractivity contribution in [3.8, 4) is 6.07 Å². The molecule has 0 saturated heterocycles. The molecule has 66 valence electrons. The second-order valence-electron chi connectivity index (χ2n) is 3.39. The van der Waals surface area contributed by atoms with Crippen LogP contribution in [0.15, 0.2) is 12.1 Å². The lowest BCUT2D eigenvalue weighted by atomic mass is 10.2. The number of anilines is 1. The van der Waals surface area contributed by atoms with Crippen molar-refractivity contribution in [3.05, 3.63) is 23.4 Å². The number of hydrogen-bond donors (Lipinski definition) is 1. The smallest absolute Gasteiger partial charge is 0.145 e. The minimum atomic E-state index is 0.519. The van der Waals surface area contributed by atoms with E-state index >= 15 is 0 Å². The maximum absolute atomic E-state index is 8.75. The van der Waals surface area contributed by atoms with Gasteiger partial charge in [0.1, 0.15) is 17.6 Å². The highest BCUT2D eigenvalue weighted by Gasteiger charge is 2.21. The zero-order valence-corrected chi connectivity index (χ0v) is 7.54. The Labute approximate surface area is 77.4 Å². The minimum absolute atomic E-state index is 0.519. The number of nitrogens with zero attached hydrogens (tertiary/aromatic N) is 2. The number of aromatic nitrogens is 1. The summed E-state index contributed by atoms with van der Waals surface area (Å²) in [5, 5.41) is 12.0. The van der Waals surface area contributed by atoms with Gasteiger partial charge in [-0.25, -0.2) is 4.98 Å². The average Bonchev–Trinajstić information content (AvgIpc) is 2.92. The van der Waals surface area contributed by atoms with Crippen LogP contribution in [0.2, 0.25) is 0 Å². The van der Waals surface area contributed by atoms with E-state index < -0.39 is 0 Å². The van der Waals surface area contributed by atoms with E-state index in [9.17, 15) is 0 Å². The lowest BCUT2D eigenvalue weighted by Crippen LogP contribution is -2.04. The Morgan fingerprint density at radius 1 is 1.54 bits per heavy atom. The normalized spacial score (nSPS) is 15.1. The Balaban J connectivity index is 2.22. The van der Waals surface area contributed by atoms with Crippen LogP contribution in [0.5, 0.6) is 0 Å². The van der Waals surface area contributed by atoms with Gasteiger partial charge < -0.3 is 5.32 Å².